The maximum atomic E-state index is 12.5. The largest absolute Gasteiger partial charge is 0.482 e. The van der Waals surface area contributed by atoms with E-state index in [2.05, 4.69) is 0 Å². The van der Waals surface area contributed by atoms with Gasteiger partial charge in [-0.2, -0.15) is 0 Å². The normalized spacial score (nSPS) is 19.4. The number of ketones is 2. The summed E-state index contributed by atoms with van der Waals surface area (Å²) in [5, 5.41) is 0.573. The molecule has 2 aromatic carbocycles. The molecule has 0 radical (unpaired) electrons. The Morgan fingerprint density at radius 3 is 2.55 bits per heavy atom. The lowest BCUT2D eigenvalue weighted by Gasteiger charge is -2.15. The number of hydrogen-bond acceptors (Lipinski definition) is 3. The Morgan fingerprint density at radius 1 is 1.14 bits per heavy atom. The van der Waals surface area contributed by atoms with Crippen LogP contribution in [0.25, 0.3) is 0 Å². The van der Waals surface area contributed by atoms with Gasteiger partial charge >= 0.3 is 0 Å². The fourth-order valence-electron chi connectivity index (χ4n) is 2.82. The maximum Gasteiger partial charge on any atom is 0.170 e. The fraction of sp³-hybridized carbons (Fsp3) is 0.222. The molecule has 3 nitrogen and oxygen atoms in total. The van der Waals surface area contributed by atoms with Gasteiger partial charge in [0.2, 0.25) is 0 Å². The molecular weight excluding hydrogens is 300 g/mol. The Kier molecular flexibility index (Phi) is 3.99. The molecule has 112 valence electrons. The third-order valence-electron chi connectivity index (χ3n) is 3.89. The molecule has 0 amide bonds. The van der Waals surface area contributed by atoms with Crippen molar-refractivity contribution in [2.24, 2.45) is 0 Å². The van der Waals surface area contributed by atoms with Gasteiger partial charge in [0.25, 0.3) is 0 Å². The van der Waals surface area contributed by atoms with Crippen molar-refractivity contribution >= 4 is 23.2 Å². The summed E-state index contributed by atoms with van der Waals surface area (Å²) in [7, 11) is 0. The number of ether oxygens (including phenoxy) is 1. The van der Waals surface area contributed by atoms with Gasteiger partial charge in [0, 0.05) is 28.5 Å². The highest BCUT2D eigenvalue weighted by atomic mass is 35.5. The topological polar surface area (TPSA) is 43.4 Å². The van der Waals surface area contributed by atoms with E-state index in [9.17, 15) is 9.59 Å². The van der Waals surface area contributed by atoms with Gasteiger partial charge < -0.3 is 4.74 Å². The first-order valence-corrected chi connectivity index (χ1v) is 7.49. The van der Waals surface area contributed by atoms with Crippen LogP contribution in [0.1, 0.15) is 35.2 Å². The first-order chi connectivity index (χ1) is 10.6. The number of fused-ring (bicyclic) bond motifs is 1. The highest BCUT2D eigenvalue weighted by molar-refractivity contribution is 6.30. The van der Waals surface area contributed by atoms with E-state index < -0.39 is 6.10 Å². The zero-order valence-corrected chi connectivity index (χ0v) is 12.8. The van der Waals surface area contributed by atoms with Gasteiger partial charge in [-0.25, -0.2) is 0 Å². The van der Waals surface area contributed by atoms with Crippen molar-refractivity contribution < 1.29 is 14.3 Å². The summed E-state index contributed by atoms with van der Waals surface area (Å²) in [5.74, 6) is 0.251. The highest BCUT2D eigenvalue weighted by Gasteiger charge is 2.38. The SMILES string of the molecule is CC(=O)[C@H]1Oc2ccc(Cl)cc2[C@@H]1CC(=O)c1ccccc1. The van der Waals surface area contributed by atoms with Gasteiger partial charge in [0.1, 0.15) is 5.75 Å². The molecule has 0 spiro atoms. The van der Waals surface area contributed by atoms with Crippen molar-refractivity contribution in [3.63, 3.8) is 0 Å². The van der Waals surface area contributed by atoms with Crippen LogP contribution in [0.5, 0.6) is 5.75 Å². The molecule has 4 heteroatoms. The van der Waals surface area contributed by atoms with Crippen LogP contribution in [-0.4, -0.2) is 17.7 Å². The van der Waals surface area contributed by atoms with E-state index in [1.54, 1.807) is 30.3 Å². The quantitative estimate of drug-likeness (QED) is 0.800. The van der Waals surface area contributed by atoms with Crippen LogP contribution >= 0.6 is 11.6 Å². The number of carbonyl (C=O) groups excluding carboxylic acids is 2. The molecule has 0 saturated carbocycles. The molecule has 1 aliphatic heterocycles. The van der Waals surface area contributed by atoms with E-state index in [-0.39, 0.29) is 23.9 Å². The van der Waals surface area contributed by atoms with E-state index in [4.69, 9.17) is 16.3 Å². The standard InChI is InChI=1S/C18H15ClO3/c1-11(20)18-15(10-16(21)12-5-3-2-4-6-12)14-9-13(19)7-8-17(14)22-18/h2-9,15,18H,10H2,1H3/t15-,18+/m0/s1. The van der Waals surface area contributed by atoms with E-state index in [0.29, 0.717) is 16.3 Å². The Morgan fingerprint density at radius 2 is 1.86 bits per heavy atom. The van der Waals surface area contributed by atoms with Crippen molar-refractivity contribution in [3.05, 3.63) is 64.7 Å². The summed E-state index contributed by atoms with van der Waals surface area (Å²) in [6, 6.07) is 14.3. The Hall–Kier alpha value is -2.13. The fourth-order valence-corrected chi connectivity index (χ4v) is 3.00. The first kappa shape index (κ1) is 14.8. The second kappa shape index (κ2) is 5.93. The van der Waals surface area contributed by atoms with Crippen molar-refractivity contribution in [2.75, 3.05) is 0 Å². The lowest BCUT2D eigenvalue weighted by Crippen LogP contribution is -2.28. The summed E-state index contributed by atoms with van der Waals surface area (Å²) >= 11 is 6.04. The van der Waals surface area contributed by atoms with Gasteiger partial charge in [0.05, 0.1) is 0 Å². The Labute approximate surface area is 133 Å². The van der Waals surface area contributed by atoms with Gasteiger partial charge in [-0.05, 0) is 25.1 Å². The van der Waals surface area contributed by atoms with Crippen molar-refractivity contribution in [2.45, 2.75) is 25.4 Å². The monoisotopic (exact) mass is 314 g/mol. The van der Waals surface area contributed by atoms with Crippen LogP contribution < -0.4 is 4.74 Å². The molecule has 1 heterocycles. The zero-order chi connectivity index (χ0) is 15.7. The second-order valence-electron chi connectivity index (χ2n) is 5.43. The zero-order valence-electron chi connectivity index (χ0n) is 12.1. The predicted molar refractivity (Wildman–Crippen MR) is 84.7 cm³/mol. The third kappa shape index (κ3) is 2.77. The Bertz CT molecular complexity index is 724. The van der Waals surface area contributed by atoms with Crippen LogP contribution in [0.3, 0.4) is 0 Å². The van der Waals surface area contributed by atoms with Gasteiger partial charge in [-0.1, -0.05) is 41.9 Å². The predicted octanol–water partition coefficient (Wildman–Crippen LogP) is 4.05. The van der Waals surface area contributed by atoms with Gasteiger partial charge in [-0.3, -0.25) is 9.59 Å². The molecule has 2 atom stereocenters. The molecule has 0 bridgehead atoms. The van der Waals surface area contributed by atoms with Crippen LogP contribution in [-0.2, 0) is 4.79 Å². The van der Waals surface area contributed by atoms with Crippen molar-refractivity contribution in [1.29, 1.82) is 0 Å². The minimum Gasteiger partial charge on any atom is -0.482 e. The van der Waals surface area contributed by atoms with Crippen LogP contribution in [0.4, 0.5) is 0 Å². The number of rotatable bonds is 4. The molecule has 0 N–H and O–H groups in total. The average Bonchev–Trinajstić information content (AvgIpc) is 2.86. The smallest absolute Gasteiger partial charge is 0.170 e. The second-order valence-corrected chi connectivity index (χ2v) is 5.87. The van der Waals surface area contributed by atoms with Gasteiger partial charge in [-0.15, -0.1) is 0 Å². The molecular formula is C18H15ClO3. The summed E-state index contributed by atoms with van der Waals surface area (Å²) in [6.07, 6.45) is -0.400. The Balaban J connectivity index is 1.92. The van der Waals surface area contributed by atoms with E-state index in [0.717, 1.165) is 5.56 Å². The third-order valence-corrected chi connectivity index (χ3v) is 4.13. The minimum absolute atomic E-state index is 0.00623. The summed E-state index contributed by atoms with van der Waals surface area (Å²) in [4.78, 5) is 24.3. The average molecular weight is 315 g/mol. The van der Waals surface area contributed by atoms with Crippen molar-refractivity contribution in [1.82, 2.24) is 0 Å². The molecule has 0 unspecified atom stereocenters. The number of Topliss-reactive ketones (excluding diaryl/α,β-unsaturated/α-hetero) is 2. The molecule has 2 aromatic rings. The molecule has 0 fully saturated rings. The van der Waals surface area contributed by atoms with Crippen LogP contribution in [0, 0.1) is 0 Å². The van der Waals surface area contributed by atoms with Crippen molar-refractivity contribution in [3.8, 4) is 5.75 Å². The minimum atomic E-state index is -0.624. The first-order valence-electron chi connectivity index (χ1n) is 7.11. The number of benzene rings is 2. The molecule has 1 aliphatic rings. The lowest BCUT2D eigenvalue weighted by molar-refractivity contribution is -0.123. The highest BCUT2D eigenvalue weighted by Crippen LogP contribution is 2.42. The lowest BCUT2D eigenvalue weighted by atomic mass is 9.87. The summed E-state index contributed by atoms with van der Waals surface area (Å²) in [6.45, 7) is 1.48. The molecule has 0 saturated heterocycles. The number of hydrogen-bond donors (Lipinski definition) is 0. The number of carbonyl (C=O) groups is 2. The van der Waals surface area contributed by atoms with E-state index in [1.807, 2.05) is 18.2 Å². The summed E-state index contributed by atoms with van der Waals surface area (Å²) in [5.41, 5.74) is 1.47. The molecule has 22 heavy (non-hydrogen) atoms. The van der Waals surface area contributed by atoms with Crippen LogP contribution in [0.15, 0.2) is 48.5 Å². The molecule has 3 rings (SSSR count). The molecule has 0 aromatic heterocycles. The van der Waals surface area contributed by atoms with Gasteiger partial charge in [0.15, 0.2) is 17.7 Å². The molecule has 0 aliphatic carbocycles. The maximum absolute atomic E-state index is 12.5. The van der Waals surface area contributed by atoms with E-state index in [1.165, 1.54) is 6.92 Å². The van der Waals surface area contributed by atoms with Crippen LogP contribution in [0.2, 0.25) is 5.02 Å². The van der Waals surface area contributed by atoms with E-state index >= 15 is 0 Å². The number of halogens is 1. The summed E-state index contributed by atoms with van der Waals surface area (Å²) < 4.78 is 5.71.